The lowest BCUT2D eigenvalue weighted by atomic mass is 10.4. The van der Waals surface area contributed by atoms with Crippen LogP contribution in [-0.4, -0.2) is 27.3 Å². The van der Waals surface area contributed by atoms with Crippen molar-refractivity contribution in [2.45, 2.75) is 0 Å². The Morgan fingerprint density at radius 2 is 2.25 bits per heavy atom. The second-order valence-electron chi connectivity index (χ2n) is 2.81. The van der Waals surface area contributed by atoms with Crippen molar-refractivity contribution >= 4 is 23.1 Å². The van der Waals surface area contributed by atoms with Gasteiger partial charge >= 0.3 is 0 Å². The lowest BCUT2D eigenvalue weighted by molar-refractivity contribution is 0.394. The lowest BCUT2D eigenvalue weighted by Crippen LogP contribution is -1.99. The van der Waals surface area contributed by atoms with E-state index in [2.05, 4.69) is 25.5 Å². The molecule has 0 unspecified atom stereocenters. The van der Waals surface area contributed by atoms with Crippen LogP contribution in [0.5, 0.6) is 5.88 Å². The van der Waals surface area contributed by atoms with Crippen LogP contribution in [0.1, 0.15) is 0 Å². The van der Waals surface area contributed by atoms with E-state index in [-0.39, 0.29) is 5.15 Å². The molecule has 0 aliphatic heterocycles. The molecule has 6 nitrogen and oxygen atoms in total. The molecule has 0 saturated carbocycles. The smallest absolute Gasteiger partial charge is 0.257 e. The third kappa shape index (κ3) is 2.34. The highest BCUT2D eigenvalue weighted by Crippen LogP contribution is 2.25. The molecule has 2 heterocycles. The van der Waals surface area contributed by atoms with Gasteiger partial charge < -0.3 is 10.1 Å². The van der Waals surface area contributed by atoms with Gasteiger partial charge in [-0.2, -0.15) is 0 Å². The van der Waals surface area contributed by atoms with E-state index in [9.17, 15) is 0 Å². The normalized spacial score (nSPS) is 9.88. The van der Waals surface area contributed by atoms with Gasteiger partial charge in [-0.05, 0) is 6.07 Å². The average molecular weight is 238 g/mol. The third-order valence-corrected chi connectivity index (χ3v) is 1.95. The first-order valence-corrected chi connectivity index (χ1v) is 4.77. The Hall–Kier alpha value is -1.95. The zero-order valence-electron chi connectivity index (χ0n) is 8.38. The summed E-state index contributed by atoms with van der Waals surface area (Å²) in [6.45, 7) is 0. The Bertz CT molecular complexity index is 479. The number of hydrogen-bond acceptors (Lipinski definition) is 6. The molecule has 2 aromatic rings. The van der Waals surface area contributed by atoms with Crippen molar-refractivity contribution in [2.75, 3.05) is 12.4 Å². The zero-order chi connectivity index (χ0) is 11.4. The maximum absolute atomic E-state index is 5.74. The molecule has 0 saturated heterocycles. The van der Waals surface area contributed by atoms with Crippen molar-refractivity contribution in [3.05, 3.63) is 29.8 Å². The molecule has 0 atom stereocenters. The number of anilines is 2. The SMILES string of the molecule is COc1nnc(Cl)cc1Nc1ccncn1. The van der Waals surface area contributed by atoms with Crippen molar-refractivity contribution in [2.24, 2.45) is 0 Å². The zero-order valence-corrected chi connectivity index (χ0v) is 9.14. The van der Waals surface area contributed by atoms with E-state index in [0.29, 0.717) is 17.4 Å². The lowest BCUT2D eigenvalue weighted by Gasteiger charge is -2.08. The molecule has 0 amide bonds. The molecule has 0 fully saturated rings. The first kappa shape index (κ1) is 10.6. The minimum atomic E-state index is 0.275. The number of nitrogens with zero attached hydrogens (tertiary/aromatic N) is 4. The fourth-order valence-corrected chi connectivity index (χ4v) is 1.25. The van der Waals surface area contributed by atoms with Gasteiger partial charge in [-0.25, -0.2) is 9.97 Å². The number of aromatic nitrogens is 4. The molecular formula is C9H8ClN5O. The van der Waals surface area contributed by atoms with Gasteiger partial charge in [-0.3, -0.25) is 0 Å². The van der Waals surface area contributed by atoms with Crippen molar-refractivity contribution in [3.63, 3.8) is 0 Å². The number of nitrogens with one attached hydrogen (secondary N) is 1. The van der Waals surface area contributed by atoms with Gasteiger partial charge in [-0.1, -0.05) is 11.6 Å². The summed E-state index contributed by atoms with van der Waals surface area (Å²) in [6.07, 6.45) is 3.06. The van der Waals surface area contributed by atoms with Gasteiger partial charge in [0.15, 0.2) is 5.15 Å². The van der Waals surface area contributed by atoms with E-state index in [4.69, 9.17) is 16.3 Å². The first-order chi connectivity index (χ1) is 7.79. The highest BCUT2D eigenvalue weighted by Gasteiger charge is 2.07. The van der Waals surface area contributed by atoms with E-state index >= 15 is 0 Å². The summed E-state index contributed by atoms with van der Waals surface area (Å²) in [5, 5.41) is 10.7. The molecule has 2 aromatic heterocycles. The van der Waals surface area contributed by atoms with Crippen LogP contribution in [0.4, 0.5) is 11.5 Å². The Morgan fingerprint density at radius 3 is 2.94 bits per heavy atom. The van der Waals surface area contributed by atoms with Gasteiger partial charge in [0.05, 0.1) is 7.11 Å². The van der Waals surface area contributed by atoms with Crippen LogP contribution in [0.3, 0.4) is 0 Å². The maximum atomic E-state index is 5.74. The summed E-state index contributed by atoms with van der Waals surface area (Å²) in [7, 11) is 1.50. The number of ether oxygens (including phenoxy) is 1. The molecule has 0 spiro atoms. The molecule has 16 heavy (non-hydrogen) atoms. The number of hydrogen-bond donors (Lipinski definition) is 1. The molecule has 0 radical (unpaired) electrons. The largest absolute Gasteiger partial charge is 0.478 e. The summed E-state index contributed by atoms with van der Waals surface area (Å²) < 4.78 is 5.03. The van der Waals surface area contributed by atoms with Gasteiger partial charge in [0.2, 0.25) is 0 Å². The Labute approximate surface area is 96.7 Å². The van der Waals surface area contributed by atoms with E-state index in [1.165, 1.54) is 13.4 Å². The molecular weight excluding hydrogens is 230 g/mol. The minimum absolute atomic E-state index is 0.275. The highest BCUT2D eigenvalue weighted by molar-refractivity contribution is 6.29. The first-order valence-electron chi connectivity index (χ1n) is 4.40. The van der Waals surface area contributed by atoms with Crippen molar-refractivity contribution < 1.29 is 4.74 Å². The fraction of sp³-hybridized carbons (Fsp3) is 0.111. The van der Waals surface area contributed by atoms with Crippen LogP contribution in [0.15, 0.2) is 24.7 Å². The average Bonchev–Trinajstić information content (AvgIpc) is 2.31. The van der Waals surface area contributed by atoms with Crippen molar-refractivity contribution in [3.8, 4) is 5.88 Å². The number of methoxy groups -OCH3 is 1. The fourth-order valence-electron chi connectivity index (χ4n) is 1.10. The van der Waals surface area contributed by atoms with Crippen LogP contribution in [0, 0.1) is 0 Å². The summed E-state index contributed by atoms with van der Waals surface area (Å²) >= 11 is 5.74. The predicted octanol–water partition coefficient (Wildman–Crippen LogP) is 1.67. The monoisotopic (exact) mass is 237 g/mol. The third-order valence-electron chi connectivity index (χ3n) is 1.77. The molecule has 0 aliphatic rings. The van der Waals surface area contributed by atoms with Gasteiger partial charge in [-0.15, -0.1) is 10.2 Å². The van der Waals surface area contributed by atoms with Crippen LogP contribution in [0.2, 0.25) is 5.15 Å². The standard InChI is InChI=1S/C9H8ClN5O/c1-16-9-6(4-7(10)14-15-9)13-8-2-3-11-5-12-8/h2-5H,1H3,(H,11,12,13,14). The molecule has 0 aromatic carbocycles. The number of rotatable bonds is 3. The van der Waals surface area contributed by atoms with Crippen molar-refractivity contribution in [1.82, 2.24) is 20.2 Å². The quantitative estimate of drug-likeness (QED) is 0.876. The summed E-state index contributed by atoms with van der Waals surface area (Å²) in [6, 6.07) is 3.32. The highest BCUT2D eigenvalue weighted by atomic mass is 35.5. The summed E-state index contributed by atoms with van der Waals surface area (Å²) in [5.74, 6) is 0.973. The molecule has 0 bridgehead atoms. The Morgan fingerprint density at radius 1 is 1.38 bits per heavy atom. The molecule has 82 valence electrons. The van der Waals surface area contributed by atoms with Gasteiger partial charge in [0.1, 0.15) is 17.8 Å². The second kappa shape index (κ2) is 4.71. The van der Waals surface area contributed by atoms with Crippen LogP contribution >= 0.6 is 11.6 Å². The molecule has 2 rings (SSSR count). The molecule has 1 N–H and O–H groups in total. The topological polar surface area (TPSA) is 72.8 Å². The summed E-state index contributed by atoms with van der Waals surface area (Å²) in [5.41, 5.74) is 0.598. The number of halogens is 1. The molecule has 7 heteroatoms. The van der Waals surface area contributed by atoms with Gasteiger partial charge in [0.25, 0.3) is 5.88 Å². The van der Waals surface area contributed by atoms with E-state index in [1.54, 1.807) is 18.3 Å². The second-order valence-corrected chi connectivity index (χ2v) is 3.20. The van der Waals surface area contributed by atoms with Crippen LogP contribution in [-0.2, 0) is 0 Å². The van der Waals surface area contributed by atoms with Crippen LogP contribution in [0.25, 0.3) is 0 Å². The minimum Gasteiger partial charge on any atom is -0.478 e. The predicted molar refractivity (Wildman–Crippen MR) is 58.9 cm³/mol. The summed E-state index contributed by atoms with van der Waals surface area (Å²) in [4.78, 5) is 7.82. The Kier molecular flexibility index (Phi) is 3.11. The van der Waals surface area contributed by atoms with Gasteiger partial charge in [0, 0.05) is 12.3 Å². The van der Waals surface area contributed by atoms with E-state index in [1.807, 2.05) is 0 Å². The van der Waals surface area contributed by atoms with E-state index < -0.39 is 0 Å². The van der Waals surface area contributed by atoms with E-state index in [0.717, 1.165) is 0 Å². The molecule has 0 aliphatic carbocycles. The van der Waals surface area contributed by atoms with Crippen molar-refractivity contribution in [1.29, 1.82) is 0 Å². The van der Waals surface area contributed by atoms with Crippen LogP contribution < -0.4 is 10.1 Å². The maximum Gasteiger partial charge on any atom is 0.257 e. The Balaban J connectivity index is 2.30.